The standard InChI is InChI=1S/C10H13N.B/c1-11-7-6-9-4-2-3-5-10(9)8-11;/h2-5H,6-8H2,1H3;. The lowest BCUT2D eigenvalue weighted by Gasteiger charge is -2.24. The Morgan fingerprint density at radius 3 is 2.58 bits per heavy atom. The summed E-state index contributed by atoms with van der Waals surface area (Å²) in [5.41, 5.74) is 3.03. The van der Waals surface area contributed by atoms with Gasteiger partial charge in [-0.15, -0.1) is 0 Å². The first kappa shape index (κ1) is 9.33. The Balaban J connectivity index is 0.000000720. The van der Waals surface area contributed by atoms with Gasteiger partial charge in [0.15, 0.2) is 0 Å². The largest absolute Gasteiger partial charge is 0.302 e. The predicted octanol–water partition coefficient (Wildman–Crippen LogP) is 1.29. The zero-order chi connectivity index (χ0) is 7.68. The number of hydrogen-bond acceptors (Lipinski definition) is 1. The van der Waals surface area contributed by atoms with E-state index in [1.165, 1.54) is 24.1 Å². The van der Waals surface area contributed by atoms with E-state index in [0.29, 0.717) is 0 Å². The molecule has 1 heterocycles. The summed E-state index contributed by atoms with van der Waals surface area (Å²) in [7, 11) is 2.18. The Bertz CT molecular complexity index is 260. The molecule has 0 fully saturated rings. The Kier molecular flexibility index (Phi) is 2.93. The first-order valence-corrected chi connectivity index (χ1v) is 4.11. The van der Waals surface area contributed by atoms with Gasteiger partial charge in [-0.3, -0.25) is 0 Å². The molecule has 0 amide bonds. The first-order valence-electron chi connectivity index (χ1n) is 4.11. The maximum Gasteiger partial charge on any atom is 0.0233 e. The average Bonchev–Trinajstić information content (AvgIpc) is 2.04. The molecule has 1 aromatic carbocycles. The minimum absolute atomic E-state index is 0. The molecule has 0 aromatic heterocycles. The van der Waals surface area contributed by atoms with Crippen molar-refractivity contribution in [2.45, 2.75) is 13.0 Å². The fraction of sp³-hybridized carbons (Fsp3) is 0.400. The second-order valence-corrected chi connectivity index (χ2v) is 3.26. The molecule has 0 saturated carbocycles. The number of likely N-dealkylation sites (N-methyl/N-ethyl adjacent to an activating group) is 1. The van der Waals surface area contributed by atoms with Crippen LogP contribution in [0.2, 0.25) is 0 Å². The molecule has 0 aliphatic carbocycles. The van der Waals surface area contributed by atoms with Crippen LogP contribution in [0.15, 0.2) is 24.3 Å². The molecule has 1 nitrogen and oxygen atoms in total. The van der Waals surface area contributed by atoms with E-state index in [-0.39, 0.29) is 8.41 Å². The van der Waals surface area contributed by atoms with E-state index in [4.69, 9.17) is 0 Å². The molecule has 0 unspecified atom stereocenters. The van der Waals surface area contributed by atoms with Gasteiger partial charge in [-0.2, -0.15) is 0 Å². The summed E-state index contributed by atoms with van der Waals surface area (Å²) < 4.78 is 0. The van der Waals surface area contributed by atoms with Crippen LogP contribution in [0.4, 0.5) is 0 Å². The fourth-order valence-corrected chi connectivity index (χ4v) is 1.64. The lowest BCUT2D eigenvalue weighted by molar-refractivity contribution is 0.313. The van der Waals surface area contributed by atoms with Gasteiger partial charge in [0.05, 0.1) is 0 Å². The van der Waals surface area contributed by atoms with Crippen molar-refractivity contribution in [1.29, 1.82) is 0 Å². The van der Waals surface area contributed by atoms with Gasteiger partial charge in [0.1, 0.15) is 0 Å². The molecule has 0 N–H and O–H groups in total. The highest BCUT2D eigenvalue weighted by molar-refractivity contribution is 5.75. The van der Waals surface area contributed by atoms with Gasteiger partial charge in [-0.25, -0.2) is 0 Å². The molecule has 0 saturated heterocycles. The summed E-state index contributed by atoms with van der Waals surface area (Å²) in [6, 6.07) is 8.72. The van der Waals surface area contributed by atoms with E-state index in [0.717, 1.165) is 6.54 Å². The molecule has 1 aliphatic heterocycles. The van der Waals surface area contributed by atoms with Crippen molar-refractivity contribution in [2.75, 3.05) is 13.6 Å². The summed E-state index contributed by atoms with van der Waals surface area (Å²) in [6.07, 6.45) is 1.21. The zero-order valence-electron chi connectivity index (χ0n) is 7.46. The molecular formula is C10H13BN. The molecule has 0 atom stereocenters. The molecule has 0 spiro atoms. The van der Waals surface area contributed by atoms with Crippen molar-refractivity contribution in [1.82, 2.24) is 4.90 Å². The fourth-order valence-electron chi connectivity index (χ4n) is 1.64. The maximum atomic E-state index is 2.36. The third-order valence-corrected chi connectivity index (χ3v) is 2.32. The monoisotopic (exact) mass is 158 g/mol. The van der Waals surface area contributed by atoms with Gasteiger partial charge in [-0.05, 0) is 24.6 Å². The molecule has 1 aliphatic rings. The van der Waals surface area contributed by atoms with Crippen LogP contribution in [0, 0.1) is 0 Å². The van der Waals surface area contributed by atoms with Crippen LogP contribution < -0.4 is 0 Å². The van der Waals surface area contributed by atoms with Crippen molar-refractivity contribution >= 4 is 8.41 Å². The summed E-state index contributed by atoms with van der Waals surface area (Å²) in [4.78, 5) is 2.36. The number of benzene rings is 1. The zero-order valence-corrected chi connectivity index (χ0v) is 7.46. The Labute approximate surface area is 76.0 Å². The molecule has 1 aromatic rings. The van der Waals surface area contributed by atoms with Crippen molar-refractivity contribution in [2.24, 2.45) is 0 Å². The van der Waals surface area contributed by atoms with Crippen LogP contribution in [0.1, 0.15) is 11.1 Å². The third kappa shape index (κ3) is 1.70. The average molecular weight is 158 g/mol. The molecular weight excluding hydrogens is 145 g/mol. The Hall–Kier alpha value is -0.755. The van der Waals surface area contributed by atoms with Crippen molar-refractivity contribution in [3.63, 3.8) is 0 Å². The molecule has 61 valence electrons. The highest BCUT2D eigenvalue weighted by atomic mass is 15.1. The third-order valence-electron chi connectivity index (χ3n) is 2.32. The smallest absolute Gasteiger partial charge is 0.0233 e. The highest BCUT2D eigenvalue weighted by Gasteiger charge is 2.10. The maximum absolute atomic E-state index is 2.36. The van der Waals surface area contributed by atoms with Gasteiger partial charge < -0.3 is 4.90 Å². The van der Waals surface area contributed by atoms with E-state index in [1.807, 2.05) is 0 Å². The van der Waals surface area contributed by atoms with Crippen LogP contribution in [-0.2, 0) is 13.0 Å². The second-order valence-electron chi connectivity index (χ2n) is 3.26. The lowest BCUT2D eigenvalue weighted by atomic mass is 10.0. The van der Waals surface area contributed by atoms with E-state index < -0.39 is 0 Å². The first-order chi connectivity index (χ1) is 5.36. The summed E-state index contributed by atoms with van der Waals surface area (Å²) in [6.45, 7) is 2.33. The van der Waals surface area contributed by atoms with E-state index >= 15 is 0 Å². The van der Waals surface area contributed by atoms with E-state index in [9.17, 15) is 0 Å². The van der Waals surface area contributed by atoms with E-state index in [1.54, 1.807) is 0 Å². The number of nitrogens with zero attached hydrogens (tertiary/aromatic N) is 1. The minimum Gasteiger partial charge on any atom is -0.302 e. The SMILES string of the molecule is CN1CCc2ccccc2C1.[B]. The summed E-state index contributed by atoms with van der Waals surface area (Å²) in [5.74, 6) is 0. The lowest BCUT2D eigenvalue weighted by Crippen LogP contribution is -2.26. The van der Waals surface area contributed by atoms with Crippen LogP contribution in [0.5, 0.6) is 0 Å². The molecule has 12 heavy (non-hydrogen) atoms. The number of hydrogen-bond donors (Lipinski definition) is 0. The molecule has 2 rings (SSSR count). The van der Waals surface area contributed by atoms with Crippen LogP contribution in [0.3, 0.4) is 0 Å². The normalized spacial score (nSPS) is 16.4. The predicted molar refractivity (Wildman–Crippen MR) is 52.2 cm³/mol. The van der Waals surface area contributed by atoms with Crippen LogP contribution >= 0.6 is 0 Å². The van der Waals surface area contributed by atoms with Gasteiger partial charge in [0.25, 0.3) is 0 Å². The molecule has 2 heteroatoms. The molecule has 0 bridgehead atoms. The van der Waals surface area contributed by atoms with Crippen LogP contribution in [-0.4, -0.2) is 26.9 Å². The summed E-state index contributed by atoms with van der Waals surface area (Å²) >= 11 is 0. The van der Waals surface area contributed by atoms with Crippen molar-refractivity contribution < 1.29 is 0 Å². The van der Waals surface area contributed by atoms with Gasteiger partial charge in [0, 0.05) is 21.5 Å². The highest BCUT2D eigenvalue weighted by Crippen LogP contribution is 2.16. The van der Waals surface area contributed by atoms with Crippen molar-refractivity contribution in [3.05, 3.63) is 35.4 Å². The van der Waals surface area contributed by atoms with Gasteiger partial charge in [-0.1, -0.05) is 24.3 Å². The summed E-state index contributed by atoms with van der Waals surface area (Å²) in [5, 5.41) is 0. The van der Waals surface area contributed by atoms with Gasteiger partial charge in [0.2, 0.25) is 0 Å². The van der Waals surface area contributed by atoms with E-state index in [2.05, 4.69) is 36.2 Å². The van der Waals surface area contributed by atoms with Crippen LogP contribution in [0.25, 0.3) is 0 Å². The quantitative estimate of drug-likeness (QED) is 0.514. The van der Waals surface area contributed by atoms with Gasteiger partial charge >= 0.3 is 0 Å². The number of fused-ring (bicyclic) bond motifs is 1. The Morgan fingerprint density at radius 2 is 1.83 bits per heavy atom. The molecule has 3 radical (unpaired) electrons. The Morgan fingerprint density at radius 1 is 1.17 bits per heavy atom. The topological polar surface area (TPSA) is 3.24 Å². The van der Waals surface area contributed by atoms with Crippen molar-refractivity contribution in [3.8, 4) is 0 Å². The minimum atomic E-state index is 0. The second kappa shape index (κ2) is 3.77. The number of rotatable bonds is 0.